The topological polar surface area (TPSA) is 46.9 Å². The minimum atomic E-state index is 0.129. The first-order valence-electron chi connectivity index (χ1n) is 7.66. The van der Waals surface area contributed by atoms with Crippen molar-refractivity contribution in [1.82, 2.24) is 14.9 Å². The van der Waals surface area contributed by atoms with Gasteiger partial charge in [0, 0.05) is 23.9 Å². The lowest BCUT2D eigenvalue weighted by atomic mass is 10.2. The molecular weight excluding hydrogens is 342 g/mol. The van der Waals surface area contributed by atoms with Crippen LogP contribution in [0.3, 0.4) is 0 Å². The Morgan fingerprint density at radius 2 is 2.18 bits per heavy atom. The third-order valence-electron chi connectivity index (χ3n) is 3.44. The monoisotopic (exact) mass is 363 g/mol. The van der Waals surface area contributed by atoms with Crippen LogP contribution >= 0.6 is 15.9 Å². The number of para-hydroxylation sites is 2. The van der Waals surface area contributed by atoms with Crippen LogP contribution in [0, 0.1) is 0 Å². The van der Waals surface area contributed by atoms with Crippen molar-refractivity contribution in [2.75, 3.05) is 6.54 Å². The summed E-state index contributed by atoms with van der Waals surface area (Å²) >= 11 is 3.43. The van der Waals surface area contributed by atoms with Gasteiger partial charge in [-0.3, -0.25) is 4.79 Å². The fourth-order valence-corrected chi connectivity index (χ4v) is 2.70. The molecule has 0 radical (unpaired) electrons. The van der Waals surface area contributed by atoms with Crippen molar-refractivity contribution in [1.29, 1.82) is 0 Å². The lowest BCUT2D eigenvalue weighted by molar-refractivity contribution is -0.121. The molecule has 1 aromatic carbocycles. The van der Waals surface area contributed by atoms with Gasteiger partial charge in [-0.2, -0.15) is 0 Å². The molecule has 0 saturated carbocycles. The van der Waals surface area contributed by atoms with Gasteiger partial charge in [0.2, 0.25) is 5.91 Å². The summed E-state index contributed by atoms with van der Waals surface area (Å²) < 4.78 is 3.11. The lowest BCUT2D eigenvalue weighted by Gasteiger charge is -2.09. The molecule has 0 atom stereocenters. The second kappa shape index (κ2) is 8.13. The molecular formula is C17H22BrN3O. The van der Waals surface area contributed by atoms with E-state index in [1.54, 1.807) is 0 Å². The Hall–Kier alpha value is -1.62. The molecule has 0 saturated heterocycles. The average Bonchev–Trinajstić information content (AvgIpc) is 2.81. The van der Waals surface area contributed by atoms with Crippen molar-refractivity contribution in [3.8, 4) is 0 Å². The van der Waals surface area contributed by atoms with E-state index < -0.39 is 0 Å². The van der Waals surface area contributed by atoms with Gasteiger partial charge >= 0.3 is 0 Å². The number of aromatic nitrogens is 2. The molecule has 0 aliphatic heterocycles. The number of halogens is 1. The second-order valence-electron chi connectivity index (χ2n) is 5.32. The smallest absolute Gasteiger partial charge is 0.219 e. The Labute approximate surface area is 139 Å². The standard InChI is InChI=1S/C17H22BrN3O/c1-3-7-17(22)19-11-6-10-16-20-14-8-4-5-9-15(14)21(16)12-13(2)18/h4-5,8-9H,2-3,6-7,10-12H2,1H3,(H,19,22). The van der Waals surface area contributed by atoms with Crippen LogP contribution in [-0.2, 0) is 17.8 Å². The second-order valence-corrected chi connectivity index (χ2v) is 6.45. The zero-order valence-electron chi connectivity index (χ0n) is 12.9. The van der Waals surface area contributed by atoms with Crippen LogP contribution in [0.2, 0.25) is 0 Å². The van der Waals surface area contributed by atoms with Crippen molar-refractivity contribution >= 4 is 32.9 Å². The van der Waals surface area contributed by atoms with Crippen LogP contribution in [0.25, 0.3) is 11.0 Å². The molecule has 1 aromatic heterocycles. The highest BCUT2D eigenvalue weighted by molar-refractivity contribution is 9.11. The van der Waals surface area contributed by atoms with Gasteiger partial charge in [0.25, 0.3) is 0 Å². The number of hydrogen-bond donors (Lipinski definition) is 1. The molecule has 2 aromatic rings. The van der Waals surface area contributed by atoms with Crippen LogP contribution < -0.4 is 5.32 Å². The molecule has 0 bridgehead atoms. The van der Waals surface area contributed by atoms with E-state index >= 15 is 0 Å². The van der Waals surface area contributed by atoms with Gasteiger partial charge in [-0.05, 0) is 25.0 Å². The third-order valence-corrected chi connectivity index (χ3v) is 3.69. The zero-order chi connectivity index (χ0) is 15.9. The van der Waals surface area contributed by atoms with Crippen molar-refractivity contribution in [3.63, 3.8) is 0 Å². The fraction of sp³-hybridized carbons (Fsp3) is 0.412. The summed E-state index contributed by atoms with van der Waals surface area (Å²) in [5.74, 6) is 1.16. The Balaban J connectivity index is 2.03. The van der Waals surface area contributed by atoms with Gasteiger partial charge in [-0.25, -0.2) is 4.98 Å². The summed E-state index contributed by atoms with van der Waals surface area (Å²) in [6.45, 7) is 7.34. The maximum Gasteiger partial charge on any atom is 0.219 e. The number of nitrogens with one attached hydrogen (secondary N) is 1. The molecule has 0 fully saturated rings. The normalized spacial score (nSPS) is 10.8. The maximum atomic E-state index is 11.5. The number of nitrogens with zero attached hydrogens (tertiary/aromatic N) is 2. The molecule has 1 N–H and O–H groups in total. The molecule has 0 spiro atoms. The lowest BCUT2D eigenvalue weighted by Crippen LogP contribution is -2.24. The number of aryl methyl sites for hydroxylation is 1. The highest BCUT2D eigenvalue weighted by Gasteiger charge is 2.10. The molecule has 5 heteroatoms. The van der Waals surface area contributed by atoms with Crippen LogP contribution in [0.5, 0.6) is 0 Å². The quantitative estimate of drug-likeness (QED) is 0.725. The first kappa shape index (κ1) is 16.7. The molecule has 0 aliphatic carbocycles. The molecule has 0 aliphatic rings. The largest absolute Gasteiger partial charge is 0.356 e. The van der Waals surface area contributed by atoms with Gasteiger partial charge in [-0.1, -0.05) is 41.6 Å². The zero-order valence-corrected chi connectivity index (χ0v) is 14.5. The number of imidazole rings is 1. The van der Waals surface area contributed by atoms with Gasteiger partial charge in [0.1, 0.15) is 5.82 Å². The Morgan fingerprint density at radius 3 is 2.91 bits per heavy atom. The first-order chi connectivity index (χ1) is 10.6. The van der Waals surface area contributed by atoms with Crippen LogP contribution in [-0.4, -0.2) is 22.0 Å². The van der Waals surface area contributed by atoms with Crippen LogP contribution in [0.1, 0.15) is 32.0 Å². The summed E-state index contributed by atoms with van der Waals surface area (Å²) in [4.78, 5) is 16.2. The maximum absolute atomic E-state index is 11.5. The van der Waals surface area contributed by atoms with Gasteiger partial charge < -0.3 is 9.88 Å². The fourth-order valence-electron chi connectivity index (χ4n) is 2.45. The van der Waals surface area contributed by atoms with E-state index in [0.717, 1.165) is 40.6 Å². The SMILES string of the molecule is C=C(Br)Cn1c(CCCNC(=O)CCC)nc2ccccc21. The van der Waals surface area contributed by atoms with E-state index in [4.69, 9.17) is 4.98 Å². The minimum absolute atomic E-state index is 0.129. The molecule has 1 heterocycles. The molecule has 1 amide bonds. The van der Waals surface area contributed by atoms with Gasteiger partial charge in [-0.15, -0.1) is 0 Å². The van der Waals surface area contributed by atoms with E-state index in [0.29, 0.717) is 19.5 Å². The summed E-state index contributed by atoms with van der Waals surface area (Å²) in [5.41, 5.74) is 2.12. The Morgan fingerprint density at radius 1 is 1.41 bits per heavy atom. The molecule has 0 unspecified atom stereocenters. The van der Waals surface area contributed by atoms with Gasteiger partial charge in [0.15, 0.2) is 0 Å². The number of allylic oxidation sites excluding steroid dienone is 1. The predicted molar refractivity (Wildman–Crippen MR) is 94.0 cm³/mol. The molecule has 4 nitrogen and oxygen atoms in total. The van der Waals surface area contributed by atoms with Crippen LogP contribution in [0.15, 0.2) is 35.3 Å². The average molecular weight is 364 g/mol. The minimum Gasteiger partial charge on any atom is -0.356 e. The number of hydrogen-bond acceptors (Lipinski definition) is 2. The van der Waals surface area contributed by atoms with Gasteiger partial charge in [0.05, 0.1) is 17.6 Å². The van der Waals surface area contributed by atoms with Crippen molar-refractivity contribution in [2.45, 2.75) is 39.2 Å². The Bertz CT molecular complexity index is 663. The highest BCUT2D eigenvalue weighted by Crippen LogP contribution is 2.19. The summed E-state index contributed by atoms with van der Waals surface area (Å²) in [6.07, 6.45) is 3.20. The Kier molecular flexibility index (Phi) is 6.19. The van der Waals surface area contributed by atoms with Crippen molar-refractivity contribution in [3.05, 3.63) is 41.2 Å². The predicted octanol–water partition coefficient (Wildman–Crippen LogP) is 3.79. The number of carbonyl (C=O) groups is 1. The van der Waals surface area contributed by atoms with Crippen LogP contribution in [0.4, 0.5) is 0 Å². The van der Waals surface area contributed by atoms with Crippen molar-refractivity contribution in [2.24, 2.45) is 0 Å². The van der Waals surface area contributed by atoms with Crippen molar-refractivity contribution < 1.29 is 4.79 Å². The molecule has 118 valence electrons. The summed E-state index contributed by atoms with van der Waals surface area (Å²) in [5, 5.41) is 2.95. The van der Waals surface area contributed by atoms with E-state index in [-0.39, 0.29) is 5.91 Å². The number of amides is 1. The number of benzene rings is 1. The summed E-state index contributed by atoms with van der Waals surface area (Å²) in [6, 6.07) is 8.11. The van der Waals surface area contributed by atoms with E-state index in [2.05, 4.69) is 38.5 Å². The molecule has 22 heavy (non-hydrogen) atoms. The van der Waals surface area contributed by atoms with E-state index in [1.807, 2.05) is 25.1 Å². The molecule has 2 rings (SSSR count). The summed E-state index contributed by atoms with van der Waals surface area (Å²) in [7, 11) is 0. The number of fused-ring (bicyclic) bond motifs is 1. The number of carbonyl (C=O) groups excluding carboxylic acids is 1. The number of rotatable bonds is 8. The van der Waals surface area contributed by atoms with E-state index in [9.17, 15) is 4.79 Å². The highest BCUT2D eigenvalue weighted by atomic mass is 79.9. The first-order valence-corrected chi connectivity index (χ1v) is 8.45. The van der Waals surface area contributed by atoms with E-state index in [1.165, 1.54) is 0 Å². The third kappa shape index (κ3) is 4.44.